The fourth-order valence-corrected chi connectivity index (χ4v) is 2.77. The summed E-state index contributed by atoms with van der Waals surface area (Å²) in [5.41, 5.74) is 3.28. The van der Waals surface area contributed by atoms with Crippen LogP contribution in [-0.2, 0) is 20.9 Å². The molecule has 2 aromatic carbocycles. The summed E-state index contributed by atoms with van der Waals surface area (Å²) in [5, 5.41) is 4.13. The number of aryl methyl sites for hydroxylation is 1. The molecule has 0 saturated carbocycles. The molecule has 0 spiro atoms. The van der Waals surface area contributed by atoms with Crippen molar-refractivity contribution in [1.29, 1.82) is 0 Å². The van der Waals surface area contributed by atoms with Gasteiger partial charge >= 0.3 is 5.97 Å². The molecule has 0 atom stereocenters. The van der Waals surface area contributed by atoms with Crippen molar-refractivity contribution in [1.82, 2.24) is 5.16 Å². The Morgan fingerprint density at radius 1 is 1.11 bits per heavy atom. The highest BCUT2D eigenvalue weighted by atomic mass is 16.5. The lowest BCUT2D eigenvalue weighted by atomic mass is 9.98. The van der Waals surface area contributed by atoms with Crippen LogP contribution in [0.2, 0.25) is 0 Å². The number of ether oxygens (including phenoxy) is 3. The van der Waals surface area contributed by atoms with Gasteiger partial charge in [-0.3, -0.25) is 0 Å². The van der Waals surface area contributed by atoms with Crippen LogP contribution in [0.5, 0.6) is 5.75 Å². The van der Waals surface area contributed by atoms with Gasteiger partial charge in [-0.1, -0.05) is 47.6 Å². The number of aromatic nitrogens is 1. The normalized spacial score (nSPS) is 11.2. The largest absolute Gasteiger partial charge is 0.503 e. The Kier molecular flexibility index (Phi) is 6.11. The molecule has 0 N–H and O–H groups in total. The summed E-state index contributed by atoms with van der Waals surface area (Å²) in [4.78, 5) is 12.1. The van der Waals surface area contributed by atoms with Crippen LogP contribution < -0.4 is 4.74 Å². The van der Waals surface area contributed by atoms with Gasteiger partial charge in [-0.2, -0.15) is 0 Å². The van der Waals surface area contributed by atoms with E-state index in [9.17, 15) is 4.79 Å². The topological polar surface area (TPSA) is 70.8 Å². The minimum Gasteiger partial charge on any atom is -0.503 e. The molecule has 0 bridgehead atoms. The monoisotopic (exact) mass is 379 g/mol. The van der Waals surface area contributed by atoms with E-state index >= 15 is 0 Å². The first kappa shape index (κ1) is 19.2. The Labute approximate surface area is 163 Å². The van der Waals surface area contributed by atoms with Crippen molar-refractivity contribution in [3.05, 3.63) is 77.7 Å². The van der Waals surface area contributed by atoms with Crippen LogP contribution in [0.15, 0.2) is 65.4 Å². The molecule has 0 unspecified atom stereocenters. The molecule has 28 heavy (non-hydrogen) atoms. The Morgan fingerprint density at radius 3 is 2.61 bits per heavy atom. The average molecular weight is 379 g/mol. The van der Waals surface area contributed by atoms with E-state index in [0.29, 0.717) is 22.6 Å². The van der Waals surface area contributed by atoms with Gasteiger partial charge in [0.25, 0.3) is 0 Å². The lowest BCUT2D eigenvalue weighted by Gasteiger charge is -2.09. The van der Waals surface area contributed by atoms with Crippen molar-refractivity contribution in [2.24, 2.45) is 0 Å². The molecule has 144 valence electrons. The number of carbonyl (C=O) groups excluding carboxylic acids is 1. The van der Waals surface area contributed by atoms with Crippen molar-refractivity contribution in [3.8, 4) is 17.0 Å². The van der Waals surface area contributed by atoms with E-state index in [-0.39, 0.29) is 6.61 Å². The molecular formula is C22H21NO5. The summed E-state index contributed by atoms with van der Waals surface area (Å²) < 4.78 is 21.1. The lowest BCUT2D eigenvalue weighted by molar-refractivity contribution is -0.133. The third-order valence-electron chi connectivity index (χ3n) is 4.16. The number of benzene rings is 2. The van der Waals surface area contributed by atoms with Crippen LogP contribution >= 0.6 is 0 Å². The van der Waals surface area contributed by atoms with Crippen molar-refractivity contribution in [2.75, 3.05) is 14.2 Å². The predicted molar refractivity (Wildman–Crippen MR) is 104 cm³/mol. The first-order valence-electron chi connectivity index (χ1n) is 8.69. The van der Waals surface area contributed by atoms with E-state index in [1.54, 1.807) is 12.1 Å². The van der Waals surface area contributed by atoms with E-state index in [2.05, 4.69) is 5.16 Å². The summed E-state index contributed by atoms with van der Waals surface area (Å²) >= 11 is 0. The van der Waals surface area contributed by atoms with Crippen LogP contribution in [0, 0.1) is 6.92 Å². The maximum atomic E-state index is 12.1. The Morgan fingerprint density at radius 2 is 1.86 bits per heavy atom. The fourth-order valence-electron chi connectivity index (χ4n) is 2.77. The zero-order valence-electron chi connectivity index (χ0n) is 16.0. The number of nitrogens with zero attached hydrogens (tertiary/aromatic N) is 1. The predicted octanol–water partition coefficient (Wildman–Crippen LogP) is 4.39. The number of carbonyl (C=O) groups is 1. The number of methoxy groups -OCH3 is 2. The first-order valence-corrected chi connectivity index (χ1v) is 8.69. The number of hydrogen-bond donors (Lipinski definition) is 0. The summed E-state index contributed by atoms with van der Waals surface area (Å²) in [6.07, 6.45) is 1.35. The van der Waals surface area contributed by atoms with Crippen molar-refractivity contribution >= 4 is 11.5 Å². The van der Waals surface area contributed by atoms with Gasteiger partial charge in [-0.05, 0) is 18.6 Å². The Bertz CT molecular complexity index is 990. The Balaban J connectivity index is 1.86. The molecule has 6 nitrogen and oxygen atoms in total. The van der Waals surface area contributed by atoms with Gasteiger partial charge in [0.2, 0.25) is 0 Å². The highest BCUT2D eigenvalue weighted by molar-refractivity contribution is 6.17. The third-order valence-corrected chi connectivity index (χ3v) is 4.16. The first-order chi connectivity index (χ1) is 13.6. The van der Waals surface area contributed by atoms with E-state index in [0.717, 1.165) is 16.9 Å². The second-order valence-electron chi connectivity index (χ2n) is 6.04. The average Bonchev–Trinajstić information content (AvgIpc) is 3.20. The van der Waals surface area contributed by atoms with Crippen LogP contribution in [-0.4, -0.2) is 25.3 Å². The second kappa shape index (κ2) is 8.90. The molecule has 6 heteroatoms. The molecule has 1 heterocycles. The molecule has 3 rings (SSSR count). The van der Waals surface area contributed by atoms with E-state index in [1.165, 1.54) is 20.5 Å². The smallest absolute Gasteiger partial charge is 0.341 e. The van der Waals surface area contributed by atoms with Gasteiger partial charge < -0.3 is 18.7 Å². The second-order valence-corrected chi connectivity index (χ2v) is 6.04. The summed E-state index contributed by atoms with van der Waals surface area (Å²) in [5.74, 6) is 0.862. The standard InChI is InChI=1S/C22H21NO5/c1-15-8-4-7-11-21(15)27-13-16-12-20(23-28-16)18-10-6-5-9-17(18)19(14-25-2)22(24)26-3/h4-12,14H,13H2,1-3H3/b19-14+. The van der Waals surface area contributed by atoms with E-state index in [1.807, 2.05) is 49.4 Å². The number of para-hydroxylation sites is 1. The minimum absolute atomic E-state index is 0.248. The van der Waals surface area contributed by atoms with Crippen LogP contribution in [0.3, 0.4) is 0 Å². The highest BCUT2D eigenvalue weighted by Gasteiger charge is 2.19. The van der Waals surface area contributed by atoms with Crippen LogP contribution in [0.25, 0.3) is 16.8 Å². The van der Waals surface area contributed by atoms with Crippen molar-refractivity contribution in [3.63, 3.8) is 0 Å². The van der Waals surface area contributed by atoms with Crippen molar-refractivity contribution in [2.45, 2.75) is 13.5 Å². The molecule has 0 radical (unpaired) electrons. The molecule has 3 aromatic rings. The number of rotatable bonds is 7. The maximum absolute atomic E-state index is 12.1. The van der Waals surface area contributed by atoms with Gasteiger partial charge in [0.1, 0.15) is 23.6 Å². The molecule has 0 aliphatic carbocycles. The molecule has 0 fully saturated rings. The van der Waals surface area contributed by atoms with Crippen molar-refractivity contribution < 1.29 is 23.5 Å². The van der Waals surface area contributed by atoms with Gasteiger partial charge in [0.05, 0.1) is 20.5 Å². The zero-order chi connectivity index (χ0) is 19.9. The molecule has 0 aliphatic rings. The van der Waals surface area contributed by atoms with Crippen LogP contribution in [0.4, 0.5) is 0 Å². The summed E-state index contributed by atoms with van der Waals surface area (Å²) in [6.45, 7) is 2.23. The maximum Gasteiger partial charge on any atom is 0.341 e. The Hall–Kier alpha value is -3.54. The van der Waals surface area contributed by atoms with Gasteiger partial charge in [0, 0.05) is 17.2 Å². The molecule has 0 aliphatic heterocycles. The van der Waals surface area contributed by atoms with Crippen LogP contribution in [0.1, 0.15) is 16.9 Å². The quantitative estimate of drug-likeness (QED) is 0.344. The SMILES string of the molecule is CO/C=C(/C(=O)OC)c1ccccc1-c1cc(COc2ccccc2C)on1. The molecular weight excluding hydrogens is 358 g/mol. The lowest BCUT2D eigenvalue weighted by Crippen LogP contribution is -2.05. The van der Waals surface area contributed by atoms with Gasteiger partial charge in [-0.15, -0.1) is 0 Å². The van der Waals surface area contributed by atoms with E-state index < -0.39 is 5.97 Å². The highest BCUT2D eigenvalue weighted by Crippen LogP contribution is 2.30. The van der Waals surface area contributed by atoms with Gasteiger partial charge in [0.15, 0.2) is 5.76 Å². The zero-order valence-corrected chi connectivity index (χ0v) is 16.0. The molecule has 0 amide bonds. The summed E-state index contributed by atoms with van der Waals surface area (Å²) in [7, 11) is 2.80. The van der Waals surface area contributed by atoms with E-state index in [4.69, 9.17) is 18.7 Å². The summed E-state index contributed by atoms with van der Waals surface area (Å²) in [6, 6.07) is 16.9. The number of esters is 1. The molecule has 0 saturated heterocycles. The third kappa shape index (κ3) is 4.23. The molecule has 1 aromatic heterocycles. The fraction of sp³-hybridized carbons (Fsp3) is 0.182. The number of hydrogen-bond acceptors (Lipinski definition) is 6. The van der Waals surface area contributed by atoms with Gasteiger partial charge in [-0.25, -0.2) is 4.79 Å². The minimum atomic E-state index is -0.499.